The maximum atomic E-state index is 12.4. The Bertz CT molecular complexity index is 610. The lowest BCUT2D eigenvalue weighted by atomic mass is 10.1. The van der Waals surface area contributed by atoms with Crippen molar-refractivity contribution in [2.75, 3.05) is 0 Å². The number of hydroxylamine groups is 1. The van der Waals surface area contributed by atoms with Crippen LogP contribution in [0.5, 0.6) is 0 Å². The van der Waals surface area contributed by atoms with Gasteiger partial charge in [0, 0.05) is 0 Å². The number of carbonyl (C=O) groups excluding carboxylic acids is 1. The number of hydrogen-bond acceptors (Lipinski definition) is 2. The van der Waals surface area contributed by atoms with E-state index in [0.29, 0.717) is 5.56 Å². The molecule has 116 valence electrons. The summed E-state index contributed by atoms with van der Waals surface area (Å²) in [5, 5.41) is 0. The van der Waals surface area contributed by atoms with Crippen LogP contribution in [0.1, 0.15) is 16.7 Å². The fraction of sp³-hybridized carbons (Fsp3) is 0.188. The summed E-state index contributed by atoms with van der Waals surface area (Å²) in [5.74, 6) is -0.421. The minimum atomic E-state index is -4.38. The molecule has 0 saturated carbocycles. The van der Waals surface area contributed by atoms with Crippen molar-refractivity contribution < 1.29 is 22.8 Å². The van der Waals surface area contributed by atoms with Crippen LogP contribution in [0.15, 0.2) is 54.6 Å². The van der Waals surface area contributed by atoms with Crippen LogP contribution in [0.25, 0.3) is 0 Å². The molecule has 22 heavy (non-hydrogen) atoms. The molecule has 0 aliphatic heterocycles. The van der Waals surface area contributed by atoms with E-state index in [2.05, 4.69) is 5.48 Å². The molecule has 3 nitrogen and oxygen atoms in total. The quantitative estimate of drug-likeness (QED) is 0.859. The molecule has 0 aliphatic rings. The van der Waals surface area contributed by atoms with Crippen molar-refractivity contribution in [3.8, 4) is 0 Å². The van der Waals surface area contributed by atoms with Crippen LogP contribution in [0.2, 0.25) is 0 Å². The van der Waals surface area contributed by atoms with Crippen LogP contribution in [-0.2, 0) is 28.8 Å². The maximum absolute atomic E-state index is 12.4. The second kappa shape index (κ2) is 7.09. The van der Waals surface area contributed by atoms with Gasteiger partial charge in [-0.25, -0.2) is 5.48 Å². The number of alkyl halides is 3. The summed E-state index contributed by atoms with van der Waals surface area (Å²) in [6.45, 7) is 0.222. The van der Waals surface area contributed by atoms with Crippen LogP contribution >= 0.6 is 0 Å². The topological polar surface area (TPSA) is 38.3 Å². The van der Waals surface area contributed by atoms with E-state index in [0.717, 1.165) is 17.7 Å². The molecule has 0 saturated heterocycles. The van der Waals surface area contributed by atoms with E-state index in [1.807, 2.05) is 30.3 Å². The van der Waals surface area contributed by atoms with E-state index in [1.54, 1.807) is 0 Å². The zero-order chi connectivity index (χ0) is 16.0. The molecule has 2 rings (SSSR count). The number of halogens is 3. The van der Waals surface area contributed by atoms with Gasteiger partial charge < -0.3 is 0 Å². The molecular weight excluding hydrogens is 295 g/mol. The largest absolute Gasteiger partial charge is 0.416 e. The number of carbonyl (C=O) groups is 1. The summed E-state index contributed by atoms with van der Waals surface area (Å²) >= 11 is 0. The van der Waals surface area contributed by atoms with Crippen LogP contribution < -0.4 is 5.48 Å². The first-order valence-corrected chi connectivity index (χ1v) is 6.56. The fourth-order valence-electron chi connectivity index (χ4n) is 1.81. The van der Waals surface area contributed by atoms with Crippen LogP contribution in [-0.4, -0.2) is 5.91 Å². The fourth-order valence-corrected chi connectivity index (χ4v) is 1.81. The van der Waals surface area contributed by atoms with Gasteiger partial charge in [0.2, 0.25) is 5.91 Å². The predicted octanol–water partition coefficient (Wildman–Crippen LogP) is 3.50. The van der Waals surface area contributed by atoms with Gasteiger partial charge >= 0.3 is 6.18 Å². The van der Waals surface area contributed by atoms with E-state index in [1.165, 1.54) is 12.1 Å². The molecule has 1 amide bonds. The van der Waals surface area contributed by atoms with E-state index < -0.39 is 17.6 Å². The zero-order valence-corrected chi connectivity index (χ0v) is 11.6. The Morgan fingerprint density at radius 2 is 1.59 bits per heavy atom. The summed E-state index contributed by atoms with van der Waals surface area (Å²) < 4.78 is 37.2. The van der Waals surface area contributed by atoms with Crippen molar-refractivity contribution in [2.24, 2.45) is 0 Å². The van der Waals surface area contributed by atoms with Gasteiger partial charge in [-0.1, -0.05) is 42.5 Å². The van der Waals surface area contributed by atoms with Crippen LogP contribution in [0.4, 0.5) is 13.2 Å². The lowest BCUT2D eigenvalue weighted by molar-refractivity contribution is -0.137. The molecule has 0 radical (unpaired) electrons. The van der Waals surface area contributed by atoms with Gasteiger partial charge in [0.05, 0.1) is 18.6 Å². The molecule has 0 fully saturated rings. The van der Waals surface area contributed by atoms with Gasteiger partial charge in [0.1, 0.15) is 0 Å². The molecule has 2 aromatic carbocycles. The van der Waals surface area contributed by atoms with Gasteiger partial charge in [-0.2, -0.15) is 13.2 Å². The number of rotatable bonds is 5. The zero-order valence-electron chi connectivity index (χ0n) is 11.6. The summed E-state index contributed by atoms with van der Waals surface area (Å²) in [6, 6.07) is 13.7. The Kier molecular flexibility index (Phi) is 5.16. The second-order valence-electron chi connectivity index (χ2n) is 4.67. The molecule has 0 heterocycles. The third-order valence-corrected chi connectivity index (χ3v) is 2.91. The standard InChI is InChI=1S/C16H14F3NO2/c17-16(18,19)14-8-6-12(7-9-14)10-15(21)20-22-11-13-4-2-1-3-5-13/h1-9H,10-11H2,(H,20,21). The molecule has 0 atom stereocenters. The van der Waals surface area contributed by atoms with Gasteiger partial charge in [0.25, 0.3) is 0 Å². The van der Waals surface area contributed by atoms with Gasteiger partial charge in [-0.05, 0) is 23.3 Å². The normalized spacial score (nSPS) is 11.2. The monoisotopic (exact) mass is 309 g/mol. The van der Waals surface area contributed by atoms with E-state index >= 15 is 0 Å². The third kappa shape index (κ3) is 4.89. The average Bonchev–Trinajstić information content (AvgIpc) is 2.48. The smallest absolute Gasteiger partial charge is 0.272 e. The molecule has 0 spiro atoms. The molecule has 1 N–H and O–H groups in total. The highest BCUT2D eigenvalue weighted by Gasteiger charge is 2.29. The summed E-state index contributed by atoms with van der Waals surface area (Å²) in [4.78, 5) is 16.7. The van der Waals surface area contributed by atoms with E-state index in [-0.39, 0.29) is 13.0 Å². The summed E-state index contributed by atoms with van der Waals surface area (Å²) in [7, 11) is 0. The lowest BCUT2D eigenvalue weighted by Gasteiger charge is -2.08. The number of hydrogen-bond donors (Lipinski definition) is 1. The number of amides is 1. The molecule has 0 aliphatic carbocycles. The van der Waals surface area contributed by atoms with Gasteiger partial charge in [-0.3, -0.25) is 9.63 Å². The molecule has 0 unspecified atom stereocenters. The third-order valence-electron chi connectivity index (χ3n) is 2.91. The van der Waals surface area contributed by atoms with Crippen molar-refractivity contribution in [3.05, 3.63) is 71.3 Å². The molecule has 0 aromatic heterocycles. The minimum Gasteiger partial charge on any atom is -0.272 e. The Labute approximate surface area is 125 Å². The molecule has 2 aromatic rings. The Hall–Kier alpha value is -2.34. The first-order chi connectivity index (χ1) is 10.4. The molecule has 0 bridgehead atoms. The van der Waals surface area contributed by atoms with E-state index in [4.69, 9.17) is 4.84 Å². The van der Waals surface area contributed by atoms with Gasteiger partial charge in [-0.15, -0.1) is 0 Å². The van der Waals surface area contributed by atoms with Crippen molar-refractivity contribution in [1.82, 2.24) is 5.48 Å². The van der Waals surface area contributed by atoms with Gasteiger partial charge in [0.15, 0.2) is 0 Å². The average molecular weight is 309 g/mol. The summed E-state index contributed by atoms with van der Waals surface area (Å²) in [6.07, 6.45) is -4.42. The SMILES string of the molecule is O=C(Cc1ccc(C(F)(F)F)cc1)NOCc1ccccc1. The van der Waals surface area contributed by atoms with Crippen LogP contribution in [0, 0.1) is 0 Å². The highest BCUT2D eigenvalue weighted by Crippen LogP contribution is 2.29. The van der Waals surface area contributed by atoms with Crippen molar-refractivity contribution in [2.45, 2.75) is 19.2 Å². The molecule has 6 heteroatoms. The maximum Gasteiger partial charge on any atom is 0.416 e. The van der Waals surface area contributed by atoms with E-state index in [9.17, 15) is 18.0 Å². The Balaban J connectivity index is 1.79. The first kappa shape index (κ1) is 16.0. The summed E-state index contributed by atoms with van der Waals surface area (Å²) in [5.41, 5.74) is 2.91. The second-order valence-corrected chi connectivity index (χ2v) is 4.67. The molecular formula is C16H14F3NO2. The number of benzene rings is 2. The van der Waals surface area contributed by atoms with Crippen molar-refractivity contribution >= 4 is 5.91 Å². The van der Waals surface area contributed by atoms with Crippen molar-refractivity contribution in [3.63, 3.8) is 0 Å². The minimum absolute atomic E-state index is 0.0487. The Morgan fingerprint density at radius 1 is 0.955 bits per heavy atom. The van der Waals surface area contributed by atoms with Crippen molar-refractivity contribution in [1.29, 1.82) is 0 Å². The highest BCUT2D eigenvalue weighted by molar-refractivity contribution is 5.77. The predicted molar refractivity (Wildman–Crippen MR) is 74.5 cm³/mol. The highest BCUT2D eigenvalue weighted by atomic mass is 19.4. The van der Waals surface area contributed by atoms with Crippen LogP contribution in [0.3, 0.4) is 0 Å². The number of nitrogens with one attached hydrogen (secondary N) is 1. The lowest BCUT2D eigenvalue weighted by Crippen LogP contribution is -2.25. The first-order valence-electron chi connectivity index (χ1n) is 6.56. The Morgan fingerprint density at radius 3 is 2.18 bits per heavy atom.